The molecule has 140 valence electrons. The van der Waals surface area contributed by atoms with Crippen LogP contribution in [-0.2, 0) is 4.79 Å². The van der Waals surface area contributed by atoms with Gasteiger partial charge in [-0.1, -0.05) is 0 Å². The molecule has 2 fully saturated rings. The molecule has 4 rings (SSSR count). The number of nitrogens with one attached hydrogen (secondary N) is 1. The molecule has 8 nitrogen and oxygen atoms in total. The lowest BCUT2D eigenvalue weighted by Gasteiger charge is -2.31. The van der Waals surface area contributed by atoms with Crippen LogP contribution in [-0.4, -0.2) is 62.8 Å². The number of hydrogen-bond acceptors (Lipinski definition) is 6. The number of carbonyl (C=O) groups is 1. The number of tetrazole rings is 1. The molecular formula is C17H23ClN6O2. The minimum Gasteiger partial charge on any atom is -0.481 e. The fraction of sp³-hybridized carbons (Fsp3) is 0.529. The summed E-state index contributed by atoms with van der Waals surface area (Å²) in [5.41, 5.74) is 0.865. The van der Waals surface area contributed by atoms with Crippen LogP contribution in [0, 0.1) is 6.92 Å². The van der Waals surface area contributed by atoms with Gasteiger partial charge in [0, 0.05) is 19.0 Å². The summed E-state index contributed by atoms with van der Waals surface area (Å²) in [7, 11) is 0. The molecular weight excluding hydrogens is 356 g/mol. The number of amides is 1. The Balaban J connectivity index is 0.00000196. The molecule has 1 aromatic carbocycles. The summed E-state index contributed by atoms with van der Waals surface area (Å²) in [5, 5.41) is 14.8. The van der Waals surface area contributed by atoms with E-state index in [9.17, 15) is 4.79 Å². The van der Waals surface area contributed by atoms with Crippen molar-refractivity contribution in [3.8, 4) is 11.4 Å². The van der Waals surface area contributed by atoms with E-state index >= 15 is 0 Å². The van der Waals surface area contributed by atoms with Gasteiger partial charge in [0.25, 0.3) is 5.91 Å². The quantitative estimate of drug-likeness (QED) is 0.858. The topological polar surface area (TPSA) is 85.2 Å². The average molecular weight is 379 g/mol. The molecule has 1 unspecified atom stereocenters. The van der Waals surface area contributed by atoms with Crippen molar-refractivity contribution in [3.05, 3.63) is 30.1 Å². The first-order valence-corrected chi connectivity index (χ1v) is 8.75. The van der Waals surface area contributed by atoms with Crippen LogP contribution < -0.4 is 10.1 Å². The maximum atomic E-state index is 12.7. The Morgan fingerprint density at radius 3 is 2.54 bits per heavy atom. The van der Waals surface area contributed by atoms with Gasteiger partial charge < -0.3 is 15.0 Å². The standard InChI is InChI=1S/C17H22N6O2.ClH/c1-12-19-20-21-23(12)14-2-4-15(5-3-14)25-16-8-11-22(17(16)24)13-6-9-18-10-7-13;/h2-5,13,16,18H,6-11H2,1H3;1H. The van der Waals surface area contributed by atoms with E-state index in [1.54, 1.807) is 4.68 Å². The maximum absolute atomic E-state index is 12.7. The summed E-state index contributed by atoms with van der Waals surface area (Å²) >= 11 is 0. The van der Waals surface area contributed by atoms with Gasteiger partial charge in [0.05, 0.1) is 5.69 Å². The molecule has 2 saturated heterocycles. The Hall–Kier alpha value is -2.19. The highest BCUT2D eigenvalue weighted by atomic mass is 35.5. The van der Waals surface area contributed by atoms with Gasteiger partial charge in [0.15, 0.2) is 11.9 Å². The molecule has 2 aliphatic rings. The summed E-state index contributed by atoms with van der Waals surface area (Å²) in [6.07, 6.45) is 2.42. The number of aryl methyl sites for hydroxylation is 1. The largest absolute Gasteiger partial charge is 0.481 e. The number of likely N-dealkylation sites (tertiary alicyclic amines) is 1. The van der Waals surface area contributed by atoms with Crippen LogP contribution in [0.3, 0.4) is 0 Å². The van der Waals surface area contributed by atoms with Crippen LogP contribution in [0.25, 0.3) is 5.69 Å². The van der Waals surface area contributed by atoms with Crippen molar-refractivity contribution in [2.24, 2.45) is 0 Å². The minimum atomic E-state index is -0.379. The van der Waals surface area contributed by atoms with E-state index in [-0.39, 0.29) is 24.4 Å². The molecule has 1 aromatic heterocycles. The number of hydrogen-bond donors (Lipinski definition) is 1. The number of halogens is 1. The Bertz CT molecular complexity index is 744. The molecule has 1 atom stereocenters. The predicted octanol–water partition coefficient (Wildman–Crippen LogP) is 1.12. The molecule has 1 N–H and O–H groups in total. The van der Waals surface area contributed by atoms with Crippen molar-refractivity contribution in [2.45, 2.75) is 38.3 Å². The zero-order valence-electron chi connectivity index (χ0n) is 14.7. The SMILES string of the molecule is Cc1nnnn1-c1ccc(OC2CCN(C3CCNCC3)C2=O)cc1.Cl. The number of rotatable bonds is 4. The molecule has 2 aromatic rings. The lowest BCUT2D eigenvalue weighted by Crippen LogP contribution is -2.45. The Kier molecular flexibility index (Phi) is 5.73. The molecule has 3 heterocycles. The number of ether oxygens (including phenoxy) is 1. The van der Waals surface area contributed by atoms with Crippen LogP contribution in [0.2, 0.25) is 0 Å². The van der Waals surface area contributed by atoms with Gasteiger partial charge >= 0.3 is 0 Å². The van der Waals surface area contributed by atoms with Crippen molar-refractivity contribution in [2.75, 3.05) is 19.6 Å². The van der Waals surface area contributed by atoms with Crippen LogP contribution >= 0.6 is 12.4 Å². The van der Waals surface area contributed by atoms with Crippen molar-refractivity contribution in [3.63, 3.8) is 0 Å². The third-order valence-electron chi connectivity index (χ3n) is 4.93. The summed E-state index contributed by atoms with van der Waals surface area (Å²) in [6, 6.07) is 7.85. The second-order valence-corrected chi connectivity index (χ2v) is 6.54. The monoisotopic (exact) mass is 378 g/mol. The van der Waals surface area contributed by atoms with Gasteiger partial charge in [0.1, 0.15) is 5.75 Å². The highest BCUT2D eigenvalue weighted by Crippen LogP contribution is 2.24. The van der Waals surface area contributed by atoms with Crippen LogP contribution in [0.15, 0.2) is 24.3 Å². The molecule has 0 radical (unpaired) electrons. The number of benzene rings is 1. The molecule has 0 spiro atoms. The van der Waals surface area contributed by atoms with Gasteiger partial charge in [-0.2, -0.15) is 4.68 Å². The average Bonchev–Trinajstić information content (AvgIpc) is 3.23. The van der Waals surface area contributed by atoms with Crippen LogP contribution in [0.4, 0.5) is 0 Å². The lowest BCUT2D eigenvalue weighted by molar-refractivity contribution is -0.135. The summed E-state index contributed by atoms with van der Waals surface area (Å²) in [4.78, 5) is 14.7. The zero-order chi connectivity index (χ0) is 17.2. The van der Waals surface area contributed by atoms with Gasteiger partial charge in [-0.3, -0.25) is 4.79 Å². The fourth-order valence-corrected chi connectivity index (χ4v) is 3.57. The first-order chi connectivity index (χ1) is 12.2. The van der Waals surface area contributed by atoms with Crippen molar-refractivity contribution in [1.29, 1.82) is 0 Å². The highest BCUT2D eigenvalue weighted by Gasteiger charge is 2.37. The first-order valence-electron chi connectivity index (χ1n) is 8.75. The van der Waals surface area contributed by atoms with Gasteiger partial charge in [-0.15, -0.1) is 17.5 Å². The third kappa shape index (κ3) is 3.66. The van der Waals surface area contributed by atoms with Crippen molar-refractivity contribution >= 4 is 18.3 Å². The number of aromatic nitrogens is 4. The second-order valence-electron chi connectivity index (χ2n) is 6.54. The molecule has 9 heteroatoms. The molecule has 1 amide bonds. The van der Waals surface area contributed by atoms with Gasteiger partial charge in [-0.05, 0) is 67.5 Å². The van der Waals surface area contributed by atoms with Crippen molar-refractivity contribution < 1.29 is 9.53 Å². The number of carbonyl (C=O) groups excluding carboxylic acids is 1. The molecule has 0 aliphatic carbocycles. The van der Waals surface area contributed by atoms with E-state index in [1.807, 2.05) is 36.1 Å². The molecule has 26 heavy (non-hydrogen) atoms. The number of nitrogens with zero attached hydrogens (tertiary/aromatic N) is 5. The third-order valence-corrected chi connectivity index (χ3v) is 4.93. The summed E-state index contributed by atoms with van der Waals surface area (Å²) in [6.45, 7) is 4.60. The van der Waals surface area contributed by atoms with E-state index in [0.717, 1.165) is 50.4 Å². The Morgan fingerprint density at radius 1 is 1.15 bits per heavy atom. The van der Waals surface area contributed by atoms with Crippen LogP contribution in [0.1, 0.15) is 25.1 Å². The highest BCUT2D eigenvalue weighted by molar-refractivity contribution is 5.85. The van der Waals surface area contributed by atoms with Gasteiger partial charge in [0.2, 0.25) is 0 Å². The molecule has 0 bridgehead atoms. The summed E-state index contributed by atoms with van der Waals surface area (Å²) < 4.78 is 7.60. The van der Waals surface area contributed by atoms with Crippen molar-refractivity contribution in [1.82, 2.24) is 30.4 Å². The smallest absolute Gasteiger partial charge is 0.263 e. The normalized spacial score (nSPS) is 20.9. The Morgan fingerprint density at radius 2 is 1.88 bits per heavy atom. The van der Waals surface area contributed by atoms with E-state index in [2.05, 4.69) is 20.8 Å². The first kappa shape index (κ1) is 18.6. The summed E-state index contributed by atoms with van der Waals surface area (Å²) in [5.74, 6) is 1.53. The zero-order valence-corrected chi connectivity index (χ0v) is 15.5. The van der Waals surface area contributed by atoms with E-state index in [4.69, 9.17) is 4.74 Å². The van der Waals surface area contributed by atoms with E-state index in [1.165, 1.54) is 0 Å². The minimum absolute atomic E-state index is 0. The van der Waals surface area contributed by atoms with E-state index in [0.29, 0.717) is 11.8 Å². The molecule has 2 aliphatic heterocycles. The number of piperidine rings is 1. The Labute approximate surface area is 158 Å². The molecule has 0 saturated carbocycles. The van der Waals surface area contributed by atoms with Crippen LogP contribution in [0.5, 0.6) is 5.75 Å². The second kappa shape index (κ2) is 8.01. The van der Waals surface area contributed by atoms with E-state index < -0.39 is 0 Å². The van der Waals surface area contributed by atoms with Gasteiger partial charge in [-0.25, -0.2) is 0 Å². The maximum Gasteiger partial charge on any atom is 0.263 e. The fourth-order valence-electron chi connectivity index (χ4n) is 3.57. The predicted molar refractivity (Wildman–Crippen MR) is 97.8 cm³/mol. The lowest BCUT2D eigenvalue weighted by atomic mass is 10.1.